The van der Waals surface area contributed by atoms with Gasteiger partial charge < -0.3 is 9.80 Å². The summed E-state index contributed by atoms with van der Waals surface area (Å²) in [5.41, 5.74) is 0.454. The van der Waals surface area contributed by atoms with Crippen LogP contribution in [0.1, 0.15) is 57.9 Å². The Morgan fingerprint density at radius 1 is 0.967 bits per heavy atom. The van der Waals surface area contributed by atoms with Crippen molar-refractivity contribution < 1.29 is 18.0 Å². The lowest BCUT2D eigenvalue weighted by Gasteiger charge is -2.29. The highest BCUT2D eigenvalue weighted by molar-refractivity contribution is 7.89. The first-order valence-corrected chi connectivity index (χ1v) is 12.4. The molecule has 2 fully saturated rings. The van der Waals surface area contributed by atoms with E-state index in [9.17, 15) is 18.0 Å². The first-order valence-electron chi connectivity index (χ1n) is 11.0. The summed E-state index contributed by atoms with van der Waals surface area (Å²) in [6.07, 6.45) is 5.94. The molecule has 3 aliphatic rings. The predicted octanol–water partition coefficient (Wildman–Crippen LogP) is 2.50. The van der Waals surface area contributed by atoms with E-state index in [0.29, 0.717) is 24.3 Å². The maximum atomic E-state index is 13.2. The SMILES string of the molecule is CC1(C)C(=O)N(CC(=O)N2CCCCC2)c2ccc(S(=O)(=O)N3CCCCC3)cc21. The number of amides is 2. The van der Waals surface area contributed by atoms with Crippen molar-refractivity contribution in [2.24, 2.45) is 0 Å². The van der Waals surface area contributed by atoms with E-state index in [4.69, 9.17) is 0 Å². The van der Waals surface area contributed by atoms with Crippen LogP contribution in [-0.2, 0) is 25.0 Å². The highest BCUT2D eigenvalue weighted by Crippen LogP contribution is 2.43. The summed E-state index contributed by atoms with van der Waals surface area (Å²) >= 11 is 0. The predicted molar refractivity (Wildman–Crippen MR) is 115 cm³/mol. The number of rotatable bonds is 4. The van der Waals surface area contributed by atoms with Gasteiger partial charge in [-0.25, -0.2) is 8.42 Å². The average Bonchev–Trinajstić information content (AvgIpc) is 2.95. The van der Waals surface area contributed by atoms with E-state index < -0.39 is 15.4 Å². The molecule has 0 aromatic heterocycles. The number of hydrogen-bond donors (Lipinski definition) is 0. The number of carbonyl (C=O) groups is 2. The number of hydrogen-bond acceptors (Lipinski definition) is 4. The molecule has 0 bridgehead atoms. The number of likely N-dealkylation sites (tertiary alicyclic amines) is 1. The minimum absolute atomic E-state index is 0.00743. The minimum atomic E-state index is -3.58. The second kappa shape index (κ2) is 7.96. The lowest BCUT2D eigenvalue weighted by atomic mass is 9.86. The third-order valence-corrected chi connectivity index (χ3v) is 8.56. The second-order valence-corrected chi connectivity index (χ2v) is 11.0. The number of piperidine rings is 2. The Hall–Kier alpha value is -1.93. The van der Waals surface area contributed by atoms with Crippen LogP contribution in [0.2, 0.25) is 0 Å². The number of anilines is 1. The Kier molecular flexibility index (Phi) is 5.66. The molecule has 2 amide bonds. The topological polar surface area (TPSA) is 78.0 Å². The summed E-state index contributed by atoms with van der Waals surface area (Å²) in [4.78, 5) is 29.5. The second-order valence-electron chi connectivity index (χ2n) is 9.10. The fourth-order valence-electron chi connectivity index (χ4n) is 4.76. The summed E-state index contributed by atoms with van der Waals surface area (Å²) in [6.45, 7) is 6.17. The molecule has 0 radical (unpaired) electrons. The Labute approximate surface area is 179 Å². The molecule has 0 saturated carbocycles. The molecule has 164 valence electrons. The van der Waals surface area contributed by atoms with Crippen molar-refractivity contribution in [1.82, 2.24) is 9.21 Å². The number of benzene rings is 1. The van der Waals surface area contributed by atoms with E-state index in [1.54, 1.807) is 36.4 Å². The third kappa shape index (κ3) is 3.64. The standard InChI is InChI=1S/C22H31N3O4S/c1-22(2)18-15-17(30(28,29)24-13-7-4-8-14-24)9-10-19(18)25(21(22)27)16-20(26)23-11-5-3-6-12-23/h9-10,15H,3-8,11-14,16H2,1-2H3. The molecular formula is C22H31N3O4S. The molecule has 0 unspecified atom stereocenters. The van der Waals surface area contributed by atoms with Gasteiger partial charge in [0.1, 0.15) is 6.54 Å². The van der Waals surface area contributed by atoms with Gasteiger partial charge in [-0.3, -0.25) is 9.59 Å². The fourth-order valence-corrected chi connectivity index (χ4v) is 6.31. The first-order chi connectivity index (χ1) is 14.2. The van der Waals surface area contributed by atoms with Gasteiger partial charge in [0.15, 0.2) is 0 Å². The van der Waals surface area contributed by atoms with Gasteiger partial charge in [-0.15, -0.1) is 0 Å². The van der Waals surface area contributed by atoms with Gasteiger partial charge in [0.2, 0.25) is 21.8 Å². The monoisotopic (exact) mass is 433 g/mol. The molecule has 7 nitrogen and oxygen atoms in total. The zero-order valence-electron chi connectivity index (χ0n) is 17.9. The zero-order valence-corrected chi connectivity index (χ0v) is 18.7. The summed E-state index contributed by atoms with van der Waals surface area (Å²) in [7, 11) is -3.58. The van der Waals surface area contributed by atoms with Crippen molar-refractivity contribution in [2.75, 3.05) is 37.6 Å². The number of sulfonamides is 1. The molecule has 1 aromatic carbocycles. The Balaban J connectivity index is 1.63. The van der Waals surface area contributed by atoms with Crippen LogP contribution in [0.4, 0.5) is 5.69 Å². The maximum Gasteiger partial charge on any atom is 0.243 e. The first kappa shape index (κ1) is 21.3. The van der Waals surface area contributed by atoms with Gasteiger partial charge in [-0.1, -0.05) is 6.42 Å². The molecule has 3 aliphatic heterocycles. The van der Waals surface area contributed by atoms with Crippen molar-refractivity contribution in [3.63, 3.8) is 0 Å². The molecule has 2 saturated heterocycles. The maximum absolute atomic E-state index is 13.2. The van der Waals surface area contributed by atoms with Crippen LogP contribution in [0.15, 0.2) is 23.1 Å². The Bertz CT molecular complexity index is 945. The molecule has 1 aromatic rings. The van der Waals surface area contributed by atoms with E-state index in [-0.39, 0.29) is 23.3 Å². The average molecular weight is 434 g/mol. The van der Waals surface area contributed by atoms with Crippen LogP contribution >= 0.6 is 0 Å². The molecule has 0 aliphatic carbocycles. The highest BCUT2D eigenvalue weighted by atomic mass is 32.2. The lowest BCUT2D eigenvalue weighted by Crippen LogP contribution is -2.45. The van der Waals surface area contributed by atoms with E-state index >= 15 is 0 Å². The van der Waals surface area contributed by atoms with Crippen molar-refractivity contribution in [3.05, 3.63) is 23.8 Å². The summed E-state index contributed by atoms with van der Waals surface area (Å²) < 4.78 is 27.8. The van der Waals surface area contributed by atoms with Crippen LogP contribution in [0.3, 0.4) is 0 Å². The van der Waals surface area contributed by atoms with Crippen LogP contribution in [0.25, 0.3) is 0 Å². The van der Waals surface area contributed by atoms with E-state index in [0.717, 1.165) is 51.6 Å². The Morgan fingerprint density at radius 2 is 1.57 bits per heavy atom. The van der Waals surface area contributed by atoms with Crippen LogP contribution in [-0.4, -0.2) is 62.2 Å². The summed E-state index contributed by atoms with van der Waals surface area (Å²) in [5, 5.41) is 0. The van der Waals surface area contributed by atoms with Gasteiger partial charge in [-0.2, -0.15) is 4.31 Å². The largest absolute Gasteiger partial charge is 0.341 e. The molecule has 30 heavy (non-hydrogen) atoms. The molecule has 8 heteroatoms. The summed E-state index contributed by atoms with van der Waals surface area (Å²) in [5.74, 6) is -0.202. The van der Waals surface area contributed by atoms with E-state index in [1.807, 2.05) is 4.90 Å². The molecular weight excluding hydrogens is 402 g/mol. The number of fused-ring (bicyclic) bond motifs is 1. The minimum Gasteiger partial charge on any atom is -0.341 e. The van der Waals surface area contributed by atoms with E-state index in [2.05, 4.69) is 0 Å². The van der Waals surface area contributed by atoms with Crippen molar-refractivity contribution in [2.45, 2.75) is 62.7 Å². The molecule has 4 rings (SSSR count). The van der Waals surface area contributed by atoms with Crippen molar-refractivity contribution in [3.8, 4) is 0 Å². The molecule has 0 spiro atoms. The van der Waals surface area contributed by atoms with Crippen LogP contribution in [0, 0.1) is 0 Å². The van der Waals surface area contributed by atoms with Crippen molar-refractivity contribution in [1.29, 1.82) is 0 Å². The smallest absolute Gasteiger partial charge is 0.243 e. The van der Waals surface area contributed by atoms with Gasteiger partial charge >= 0.3 is 0 Å². The molecule has 0 N–H and O–H groups in total. The van der Waals surface area contributed by atoms with E-state index in [1.165, 1.54) is 4.90 Å². The highest BCUT2D eigenvalue weighted by Gasteiger charge is 2.45. The fraction of sp³-hybridized carbons (Fsp3) is 0.636. The quantitative estimate of drug-likeness (QED) is 0.731. The Morgan fingerprint density at radius 3 is 2.20 bits per heavy atom. The number of nitrogens with zero attached hydrogens (tertiary/aromatic N) is 3. The van der Waals surface area contributed by atoms with Gasteiger partial charge in [-0.05, 0) is 69.7 Å². The normalized spacial score (nSPS) is 22.3. The lowest BCUT2D eigenvalue weighted by molar-refractivity contribution is -0.132. The number of carbonyl (C=O) groups excluding carboxylic acids is 2. The van der Waals surface area contributed by atoms with Gasteiger partial charge in [0.25, 0.3) is 0 Å². The van der Waals surface area contributed by atoms with Crippen LogP contribution < -0.4 is 4.90 Å². The summed E-state index contributed by atoms with van der Waals surface area (Å²) in [6, 6.07) is 4.92. The van der Waals surface area contributed by atoms with Crippen LogP contribution in [0.5, 0.6) is 0 Å². The van der Waals surface area contributed by atoms with Crippen molar-refractivity contribution >= 4 is 27.5 Å². The molecule has 0 atom stereocenters. The zero-order chi connectivity index (χ0) is 21.5. The van der Waals surface area contributed by atoms with Gasteiger partial charge in [0, 0.05) is 31.9 Å². The van der Waals surface area contributed by atoms with Gasteiger partial charge in [0.05, 0.1) is 10.3 Å². The molecule has 3 heterocycles. The third-order valence-electron chi connectivity index (χ3n) is 6.67.